The first-order chi connectivity index (χ1) is 13.9. The predicted octanol–water partition coefficient (Wildman–Crippen LogP) is 4.42. The van der Waals surface area contributed by atoms with E-state index in [1.54, 1.807) is 0 Å². The van der Waals surface area contributed by atoms with Crippen molar-refractivity contribution in [1.29, 1.82) is 5.26 Å². The van der Waals surface area contributed by atoms with Crippen LogP contribution < -0.4 is 5.73 Å². The van der Waals surface area contributed by atoms with E-state index in [1.165, 1.54) is 42.8 Å². The highest BCUT2D eigenvalue weighted by Gasteiger charge is 2.21. The minimum absolute atomic E-state index is 0.00852. The normalized spacial score (nSPS) is 11.7. The maximum Gasteiger partial charge on any atom is 0.221 e. The summed E-state index contributed by atoms with van der Waals surface area (Å²) in [5.41, 5.74) is 6.06. The van der Waals surface area contributed by atoms with Crippen LogP contribution in [-0.4, -0.2) is 45.3 Å². The Bertz CT molecular complexity index is 776. The fraction of sp³-hybridized carbons (Fsp3) is 0.619. The Labute approximate surface area is 173 Å². The molecule has 0 aliphatic rings. The molecule has 7 nitrogen and oxygen atoms in total. The van der Waals surface area contributed by atoms with Gasteiger partial charge in [0.1, 0.15) is 6.07 Å². The number of anilines is 1. The quantitative estimate of drug-likeness (QED) is 0.622. The number of hydrogen-bond acceptors (Lipinski definition) is 6. The van der Waals surface area contributed by atoms with Crippen LogP contribution >= 0.6 is 0 Å². The molecule has 1 atom stereocenters. The molecule has 0 spiro atoms. The molecule has 2 aromatic heterocycles. The fourth-order valence-corrected chi connectivity index (χ4v) is 2.85. The zero-order chi connectivity index (χ0) is 21.8. The average Bonchev–Trinajstić information content (AvgIpc) is 3.08. The lowest BCUT2D eigenvalue weighted by Gasteiger charge is -2.18. The average molecular weight is 404 g/mol. The standard InChI is InChI=1S/C15H20FN7.C6H14/c1-4-11(5-6-22(2)3)23-14(16)12(9-20-23)13-10(7-17)8-19-15(18)21-13;1-3-5-6-4-2/h8-9,11H,4-6H2,1-3H3,(H2,18,19,21);3-6H2,1-2H3. The van der Waals surface area contributed by atoms with Crippen molar-refractivity contribution in [1.82, 2.24) is 24.6 Å². The number of nitrogen functional groups attached to an aromatic ring is 1. The molecule has 0 fully saturated rings. The molecule has 0 saturated heterocycles. The zero-order valence-corrected chi connectivity index (χ0v) is 18.3. The summed E-state index contributed by atoms with van der Waals surface area (Å²) in [5, 5.41) is 13.3. The Morgan fingerprint density at radius 3 is 2.38 bits per heavy atom. The molecule has 0 amide bonds. The monoisotopic (exact) mass is 403 g/mol. The second kappa shape index (κ2) is 12.8. The molecular weight excluding hydrogens is 369 g/mol. The van der Waals surface area contributed by atoms with Crippen molar-refractivity contribution in [3.8, 4) is 17.3 Å². The minimum Gasteiger partial charge on any atom is -0.368 e. The van der Waals surface area contributed by atoms with Gasteiger partial charge in [-0.25, -0.2) is 14.6 Å². The van der Waals surface area contributed by atoms with Gasteiger partial charge in [0, 0.05) is 0 Å². The third-order valence-corrected chi connectivity index (χ3v) is 4.60. The molecule has 0 saturated carbocycles. The lowest BCUT2D eigenvalue weighted by atomic mass is 10.1. The van der Waals surface area contributed by atoms with Gasteiger partial charge in [-0.3, -0.25) is 0 Å². The van der Waals surface area contributed by atoms with E-state index in [-0.39, 0.29) is 28.8 Å². The highest BCUT2D eigenvalue weighted by molar-refractivity contribution is 5.66. The second-order valence-corrected chi connectivity index (χ2v) is 7.26. The van der Waals surface area contributed by atoms with E-state index in [0.29, 0.717) is 0 Å². The number of nitrogens with two attached hydrogens (primary N) is 1. The zero-order valence-electron chi connectivity index (χ0n) is 18.3. The Hall–Kier alpha value is -2.53. The van der Waals surface area contributed by atoms with Crippen LogP contribution in [-0.2, 0) is 0 Å². The highest BCUT2D eigenvalue weighted by Crippen LogP contribution is 2.27. The number of hydrogen-bond donors (Lipinski definition) is 1. The third-order valence-electron chi connectivity index (χ3n) is 4.60. The number of unbranched alkanes of at least 4 members (excludes halogenated alkanes) is 3. The van der Waals surface area contributed by atoms with Gasteiger partial charge < -0.3 is 10.6 Å². The van der Waals surface area contributed by atoms with Gasteiger partial charge in [-0.05, 0) is 33.5 Å². The van der Waals surface area contributed by atoms with Crippen LogP contribution in [0, 0.1) is 17.3 Å². The Morgan fingerprint density at radius 2 is 1.86 bits per heavy atom. The van der Waals surface area contributed by atoms with Gasteiger partial charge in [-0.15, -0.1) is 0 Å². The number of nitrogens with zero attached hydrogens (tertiary/aromatic N) is 6. The van der Waals surface area contributed by atoms with Crippen LogP contribution in [0.3, 0.4) is 0 Å². The Morgan fingerprint density at radius 1 is 1.21 bits per heavy atom. The molecule has 0 aliphatic heterocycles. The third kappa shape index (κ3) is 7.42. The van der Waals surface area contributed by atoms with E-state index in [1.807, 2.05) is 32.0 Å². The molecule has 0 aliphatic carbocycles. The second-order valence-electron chi connectivity index (χ2n) is 7.26. The molecule has 2 aromatic rings. The van der Waals surface area contributed by atoms with E-state index in [2.05, 4.69) is 28.9 Å². The van der Waals surface area contributed by atoms with Gasteiger partial charge in [-0.2, -0.15) is 14.8 Å². The summed E-state index contributed by atoms with van der Waals surface area (Å²) in [4.78, 5) is 9.80. The van der Waals surface area contributed by atoms with Crippen molar-refractivity contribution in [3.63, 3.8) is 0 Å². The molecule has 2 rings (SSSR count). The maximum atomic E-state index is 14.8. The van der Waals surface area contributed by atoms with E-state index >= 15 is 0 Å². The SMILES string of the molecule is CCC(CCN(C)C)n1ncc(-c2nc(N)ncc2C#N)c1F.CCCCCC. The molecule has 8 heteroatoms. The van der Waals surface area contributed by atoms with Crippen LogP contribution in [0.1, 0.15) is 70.9 Å². The molecule has 29 heavy (non-hydrogen) atoms. The largest absolute Gasteiger partial charge is 0.368 e. The molecule has 0 radical (unpaired) electrons. The van der Waals surface area contributed by atoms with Crippen molar-refractivity contribution in [3.05, 3.63) is 23.9 Å². The van der Waals surface area contributed by atoms with E-state index in [0.717, 1.165) is 19.4 Å². The highest BCUT2D eigenvalue weighted by atomic mass is 19.1. The molecule has 2 heterocycles. The maximum absolute atomic E-state index is 14.8. The predicted molar refractivity (Wildman–Crippen MR) is 115 cm³/mol. The summed E-state index contributed by atoms with van der Waals surface area (Å²) in [7, 11) is 3.95. The summed E-state index contributed by atoms with van der Waals surface area (Å²) in [6.07, 6.45) is 9.74. The summed E-state index contributed by atoms with van der Waals surface area (Å²) >= 11 is 0. The number of nitriles is 1. The van der Waals surface area contributed by atoms with Gasteiger partial charge in [-0.1, -0.05) is 46.5 Å². The molecule has 160 valence electrons. The van der Waals surface area contributed by atoms with E-state index < -0.39 is 5.95 Å². The summed E-state index contributed by atoms with van der Waals surface area (Å²) in [5.74, 6) is -0.518. The van der Waals surface area contributed by atoms with Gasteiger partial charge in [0.15, 0.2) is 0 Å². The van der Waals surface area contributed by atoms with Crippen molar-refractivity contribution in [2.75, 3.05) is 26.4 Å². The molecule has 1 unspecified atom stereocenters. The summed E-state index contributed by atoms with van der Waals surface area (Å²) in [6, 6.07) is 1.89. The Kier molecular flexibility index (Phi) is 10.8. The summed E-state index contributed by atoms with van der Waals surface area (Å²) in [6.45, 7) is 7.28. The van der Waals surface area contributed by atoms with Crippen molar-refractivity contribution < 1.29 is 4.39 Å². The molecular formula is C21H34FN7. The van der Waals surface area contributed by atoms with Crippen LogP contribution in [0.2, 0.25) is 0 Å². The fourth-order valence-electron chi connectivity index (χ4n) is 2.85. The van der Waals surface area contributed by atoms with Crippen molar-refractivity contribution in [2.24, 2.45) is 0 Å². The summed E-state index contributed by atoms with van der Waals surface area (Å²) < 4.78 is 16.2. The number of aromatic nitrogens is 4. The number of halogens is 1. The lowest BCUT2D eigenvalue weighted by molar-refractivity contribution is 0.302. The first-order valence-electron chi connectivity index (χ1n) is 10.3. The van der Waals surface area contributed by atoms with Crippen molar-refractivity contribution in [2.45, 2.75) is 65.3 Å². The first-order valence-corrected chi connectivity index (χ1v) is 10.3. The Balaban J connectivity index is 0.000000612. The molecule has 0 aromatic carbocycles. The van der Waals surface area contributed by atoms with Crippen molar-refractivity contribution >= 4 is 5.95 Å². The van der Waals surface area contributed by atoms with E-state index in [9.17, 15) is 4.39 Å². The van der Waals surface area contributed by atoms with Gasteiger partial charge in [0.2, 0.25) is 11.9 Å². The van der Waals surface area contributed by atoms with Crippen LogP contribution in [0.15, 0.2) is 12.4 Å². The topological polar surface area (TPSA) is 96.7 Å². The van der Waals surface area contributed by atoms with Gasteiger partial charge >= 0.3 is 0 Å². The smallest absolute Gasteiger partial charge is 0.221 e. The molecule has 2 N–H and O–H groups in total. The van der Waals surface area contributed by atoms with Gasteiger partial charge in [0.05, 0.1) is 35.3 Å². The van der Waals surface area contributed by atoms with Crippen LogP contribution in [0.4, 0.5) is 10.3 Å². The van der Waals surface area contributed by atoms with Crippen LogP contribution in [0.5, 0.6) is 0 Å². The lowest BCUT2D eigenvalue weighted by Crippen LogP contribution is -2.20. The minimum atomic E-state index is -0.509. The van der Waals surface area contributed by atoms with E-state index in [4.69, 9.17) is 11.0 Å². The number of rotatable bonds is 9. The van der Waals surface area contributed by atoms with Crippen LogP contribution in [0.25, 0.3) is 11.3 Å². The first kappa shape index (κ1) is 24.5. The van der Waals surface area contributed by atoms with Gasteiger partial charge in [0.25, 0.3) is 0 Å². The molecule has 0 bridgehead atoms.